The van der Waals surface area contributed by atoms with Gasteiger partial charge in [-0.1, -0.05) is 63.8 Å². The number of unbranched alkanes of at least 4 members (excludes halogenated alkanes) is 1. The van der Waals surface area contributed by atoms with Crippen LogP contribution in [0.5, 0.6) is 5.75 Å². The lowest BCUT2D eigenvalue weighted by atomic mass is 9.88. The average Bonchev–Trinajstić information content (AvgIpc) is 2.80. The van der Waals surface area contributed by atoms with E-state index in [2.05, 4.69) is 52.8 Å². The number of allylic oxidation sites excluding steroid dienone is 2. The number of aliphatic carboxylic acids is 1. The molecule has 206 valence electrons. The molecule has 0 aliphatic rings. The second-order valence-electron chi connectivity index (χ2n) is 11.5. The fourth-order valence-corrected chi connectivity index (χ4v) is 4.62. The van der Waals surface area contributed by atoms with Crippen molar-refractivity contribution in [3.8, 4) is 5.75 Å². The van der Waals surface area contributed by atoms with E-state index in [0.29, 0.717) is 12.3 Å². The van der Waals surface area contributed by atoms with E-state index in [1.165, 1.54) is 22.3 Å². The molecule has 1 aromatic rings. The molecule has 1 rings (SSSR count). The lowest BCUT2D eigenvalue weighted by Gasteiger charge is -2.24. The number of hydrogen-bond acceptors (Lipinski definition) is 3. The van der Waals surface area contributed by atoms with Crippen LogP contribution in [0, 0.1) is 25.7 Å². The number of ether oxygens (including phenoxy) is 1. The van der Waals surface area contributed by atoms with Gasteiger partial charge in [0, 0.05) is 0 Å². The maximum absolute atomic E-state index is 10.9. The number of carboxylic acids is 1. The van der Waals surface area contributed by atoms with E-state index in [9.17, 15) is 9.90 Å². The van der Waals surface area contributed by atoms with Gasteiger partial charge in [-0.15, -0.1) is 0 Å². The largest absolute Gasteiger partial charge is 0.493 e. The van der Waals surface area contributed by atoms with Crippen molar-refractivity contribution in [2.75, 3.05) is 6.61 Å². The van der Waals surface area contributed by atoms with Crippen molar-refractivity contribution in [3.05, 3.63) is 40.5 Å². The first-order valence-electron chi connectivity index (χ1n) is 14.3. The lowest BCUT2D eigenvalue weighted by Crippen LogP contribution is -2.24. The molecule has 0 saturated heterocycles. The zero-order valence-electron chi connectivity index (χ0n) is 24.3. The van der Waals surface area contributed by atoms with E-state index >= 15 is 0 Å². The van der Waals surface area contributed by atoms with Gasteiger partial charge < -0.3 is 14.9 Å². The van der Waals surface area contributed by atoms with Crippen molar-refractivity contribution in [3.63, 3.8) is 0 Å². The Morgan fingerprint density at radius 2 is 1.78 bits per heavy atom. The topological polar surface area (TPSA) is 66.8 Å². The molecule has 0 aliphatic carbocycles. The number of rotatable bonds is 19. The van der Waals surface area contributed by atoms with Gasteiger partial charge in [0.1, 0.15) is 5.75 Å². The number of carbonyl (C=O) groups is 1. The number of benzene rings is 1. The van der Waals surface area contributed by atoms with Gasteiger partial charge in [-0.25, -0.2) is 0 Å². The van der Waals surface area contributed by atoms with Crippen molar-refractivity contribution in [2.24, 2.45) is 11.8 Å². The van der Waals surface area contributed by atoms with Crippen LogP contribution in [0.1, 0.15) is 122 Å². The molecule has 0 saturated carbocycles. The van der Waals surface area contributed by atoms with Crippen LogP contribution in [0.15, 0.2) is 23.8 Å². The van der Waals surface area contributed by atoms with Crippen LogP contribution in [0.25, 0.3) is 0 Å². The van der Waals surface area contributed by atoms with Gasteiger partial charge in [-0.3, -0.25) is 4.79 Å². The summed E-state index contributed by atoms with van der Waals surface area (Å²) in [7, 11) is 0. The van der Waals surface area contributed by atoms with Gasteiger partial charge in [-0.2, -0.15) is 0 Å². The highest BCUT2D eigenvalue weighted by Crippen LogP contribution is 2.30. The highest BCUT2D eigenvalue weighted by atomic mass is 16.5. The summed E-state index contributed by atoms with van der Waals surface area (Å²) in [6.07, 6.45) is 13.8. The second-order valence-corrected chi connectivity index (χ2v) is 11.5. The van der Waals surface area contributed by atoms with Gasteiger partial charge in [0.05, 0.1) is 18.1 Å². The molecule has 1 aromatic carbocycles. The predicted molar refractivity (Wildman–Crippen MR) is 152 cm³/mol. The summed E-state index contributed by atoms with van der Waals surface area (Å²) in [5.41, 5.74) is 4.56. The first-order chi connectivity index (χ1) is 17.0. The van der Waals surface area contributed by atoms with Crippen LogP contribution in [0.2, 0.25) is 0 Å². The molecule has 0 aromatic heterocycles. The van der Waals surface area contributed by atoms with Crippen LogP contribution >= 0.6 is 0 Å². The Hall–Kier alpha value is -1.81. The zero-order chi connectivity index (χ0) is 27.1. The van der Waals surface area contributed by atoms with Crippen molar-refractivity contribution in [1.29, 1.82) is 0 Å². The molecule has 4 nitrogen and oxygen atoms in total. The standard InChI is InChI=1S/C32H54O4/c1-8-9-23-36-30-28(6)26(4)18-20-29(30)19-17-25(3)15-12-22-32(7,35)21-11-14-24(2)13-10-16-27(5)31(33)34/h13,18,20,25,27,35H,8-12,14-17,19,21-23H2,1-7H3,(H,33,34)/b24-13+. The summed E-state index contributed by atoms with van der Waals surface area (Å²) in [4.78, 5) is 10.9. The summed E-state index contributed by atoms with van der Waals surface area (Å²) in [6.45, 7) is 15.5. The zero-order valence-corrected chi connectivity index (χ0v) is 24.3. The maximum Gasteiger partial charge on any atom is 0.306 e. The molecule has 0 spiro atoms. The van der Waals surface area contributed by atoms with E-state index in [1.54, 1.807) is 6.92 Å². The lowest BCUT2D eigenvalue weighted by molar-refractivity contribution is -0.141. The highest BCUT2D eigenvalue weighted by Gasteiger charge is 2.20. The Labute approximate surface area is 221 Å². The summed E-state index contributed by atoms with van der Waals surface area (Å²) < 4.78 is 6.18. The summed E-state index contributed by atoms with van der Waals surface area (Å²) >= 11 is 0. The predicted octanol–water partition coefficient (Wildman–Crippen LogP) is 8.59. The maximum atomic E-state index is 10.9. The Morgan fingerprint density at radius 3 is 2.44 bits per heavy atom. The monoisotopic (exact) mass is 502 g/mol. The fourth-order valence-electron chi connectivity index (χ4n) is 4.62. The van der Waals surface area contributed by atoms with E-state index < -0.39 is 11.6 Å². The fraction of sp³-hybridized carbons (Fsp3) is 0.719. The van der Waals surface area contributed by atoms with Gasteiger partial charge in [0.25, 0.3) is 0 Å². The highest BCUT2D eigenvalue weighted by molar-refractivity contribution is 5.69. The summed E-state index contributed by atoms with van der Waals surface area (Å²) in [5, 5.41) is 19.8. The van der Waals surface area contributed by atoms with Gasteiger partial charge in [0.2, 0.25) is 0 Å². The molecule has 36 heavy (non-hydrogen) atoms. The smallest absolute Gasteiger partial charge is 0.306 e. The van der Waals surface area contributed by atoms with Crippen LogP contribution in [-0.4, -0.2) is 28.4 Å². The normalized spacial score (nSPS) is 15.4. The Balaban J connectivity index is 2.38. The minimum absolute atomic E-state index is 0.292. The van der Waals surface area contributed by atoms with E-state index in [-0.39, 0.29) is 5.92 Å². The van der Waals surface area contributed by atoms with Crippen molar-refractivity contribution in [1.82, 2.24) is 0 Å². The van der Waals surface area contributed by atoms with Crippen LogP contribution < -0.4 is 4.74 Å². The van der Waals surface area contributed by atoms with Crippen molar-refractivity contribution >= 4 is 5.97 Å². The first-order valence-corrected chi connectivity index (χ1v) is 14.3. The molecule has 2 N–H and O–H groups in total. The second kappa shape index (κ2) is 16.8. The molecular formula is C32H54O4. The Kier molecular flexibility index (Phi) is 15.1. The first kappa shape index (κ1) is 32.2. The minimum Gasteiger partial charge on any atom is -0.493 e. The van der Waals surface area contributed by atoms with Gasteiger partial charge >= 0.3 is 5.97 Å². The van der Waals surface area contributed by atoms with Gasteiger partial charge in [0.15, 0.2) is 0 Å². The van der Waals surface area contributed by atoms with E-state index in [1.807, 2.05) is 6.92 Å². The molecule has 3 unspecified atom stereocenters. The third kappa shape index (κ3) is 12.9. The van der Waals surface area contributed by atoms with Gasteiger partial charge in [-0.05, 0) is 108 Å². The number of aryl methyl sites for hydroxylation is 2. The van der Waals surface area contributed by atoms with Crippen LogP contribution in [0.4, 0.5) is 0 Å². The van der Waals surface area contributed by atoms with Crippen LogP contribution in [-0.2, 0) is 11.2 Å². The quantitative estimate of drug-likeness (QED) is 0.147. The molecule has 0 fully saturated rings. The average molecular weight is 503 g/mol. The summed E-state index contributed by atoms with van der Waals surface area (Å²) in [6, 6.07) is 4.46. The van der Waals surface area contributed by atoms with E-state index in [0.717, 1.165) is 83.0 Å². The summed E-state index contributed by atoms with van der Waals surface area (Å²) in [5.74, 6) is 0.695. The third-order valence-corrected chi connectivity index (χ3v) is 7.62. The molecule has 0 heterocycles. The molecular weight excluding hydrogens is 448 g/mol. The van der Waals surface area contributed by atoms with Crippen molar-refractivity contribution < 1.29 is 19.7 Å². The Morgan fingerprint density at radius 1 is 1.08 bits per heavy atom. The molecule has 0 aliphatic heterocycles. The van der Waals surface area contributed by atoms with E-state index in [4.69, 9.17) is 9.84 Å². The number of carboxylic acid groups (broad SMARTS) is 1. The van der Waals surface area contributed by atoms with Crippen molar-refractivity contribution in [2.45, 2.75) is 131 Å². The third-order valence-electron chi connectivity index (χ3n) is 7.62. The molecule has 0 amide bonds. The minimum atomic E-state index is -0.724. The number of aliphatic hydroxyl groups is 1. The Bertz CT molecular complexity index is 809. The molecule has 3 atom stereocenters. The molecule has 0 bridgehead atoms. The number of hydrogen-bond donors (Lipinski definition) is 2. The SMILES string of the molecule is CCCCOc1c(CCC(C)CCCC(C)(O)CCC/C(C)=C/CCC(C)C(=O)O)ccc(C)c1C. The molecule has 4 heteroatoms. The van der Waals surface area contributed by atoms with Crippen LogP contribution in [0.3, 0.4) is 0 Å². The molecule has 0 radical (unpaired) electrons.